The van der Waals surface area contributed by atoms with Gasteiger partial charge in [-0.1, -0.05) is 33.1 Å². The minimum atomic E-state index is 0.503. The van der Waals surface area contributed by atoms with Crippen LogP contribution in [-0.2, 0) is 4.79 Å². The van der Waals surface area contributed by atoms with Crippen LogP contribution in [0.15, 0.2) is 36.0 Å². The Kier molecular flexibility index (Phi) is 6.60. The SMILES string of the molecule is C1CC1.CC.COc1cc2scnc2cc1-c1c[nH]c2nc(NC=O)ccc12. The van der Waals surface area contributed by atoms with Crippen molar-refractivity contribution in [3.63, 3.8) is 0 Å². The molecule has 0 radical (unpaired) electrons. The molecule has 1 fully saturated rings. The van der Waals surface area contributed by atoms with Gasteiger partial charge >= 0.3 is 0 Å². The van der Waals surface area contributed by atoms with E-state index in [1.807, 2.05) is 43.8 Å². The van der Waals surface area contributed by atoms with Crippen LogP contribution in [0.25, 0.3) is 32.4 Å². The number of nitrogens with one attached hydrogen (secondary N) is 2. The Labute approximate surface area is 168 Å². The molecule has 3 aromatic heterocycles. The molecule has 6 nitrogen and oxygen atoms in total. The molecule has 1 aliphatic rings. The lowest BCUT2D eigenvalue weighted by molar-refractivity contribution is -0.105. The van der Waals surface area contributed by atoms with Crippen molar-refractivity contribution >= 4 is 44.8 Å². The lowest BCUT2D eigenvalue weighted by Gasteiger charge is -2.08. The van der Waals surface area contributed by atoms with E-state index in [1.54, 1.807) is 24.5 Å². The number of fused-ring (bicyclic) bond motifs is 2. The fourth-order valence-corrected chi connectivity index (χ4v) is 3.32. The Morgan fingerprint density at radius 2 is 1.96 bits per heavy atom. The first-order valence-corrected chi connectivity index (χ1v) is 10.3. The number of rotatable bonds is 4. The quantitative estimate of drug-likeness (QED) is 0.439. The highest BCUT2D eigenvalue weighted by Gasteiger charge is 2.14. The van der Waals surface area contributed by atoms with Crippen LogP contribution in [0.4, 0.5) is 5.82 Å². The van der Waals surface area contributed by atoms with Gasteiger partial charge in [0.15, 0.2) is 0 Å². The summed E-state index contributed by atoms with van der Waals surface area (Å²) in [6, 6.07) is 7.70. The Hall–Kier alpha value is -2.93. The number of H-pyrrole nitrogens is 1. The minimum absolute atomic E-state index is 0.503. The molecule has 3 heterocycles. The van der Waals surface area contributed by atoms with Gasteiger partial charge in [-0.05, 0) is 18.2 Å². The lowest BCUT2D eigenvalue weighted by atomic mass is 10.0. The number of hydrogen-bond acceptors (Lipinski definition) is 5. The largest absolute Gasteiger partial charge is 0.496 e. The van der Waals surface area contributed by atoms with Crippen molar-refractivity contribution in [3.8, 4) is 16.9 Å². The maximum absolute atomic E-state index is 10.5. The fourth-order valence-electron chi connectivity index (χ4n) is 2.63. The van der Waals surface area contributed by atoms with Crippen LogP contribution in [0.1, 0.15) is 33.1 Å². The number of ether oxygens (including phenoxy) is 1. The zero-order chi connectivity index (χ0) is 19.9. The van der Waals surface area contributed by atoms with Gasteiger partial charge in [0, 0.05) is 28.8 Å². The number of benzene rings is 1. The maximum Gasteiger partial charge on any atom is 0.212 e. The molecule has 1 amide bonds. The summed E-state index contributed by atoms with van der Waals surface area (Å²) in [4.78, 5) is 22.4. The van der Waals surface area contributed by atoms with Gasteiger partial charge in [0.05, 0.1) is 22.8 Å². The minimum Gasteiger partial charge on any atom is -0.496 e. The van der Waals surface area contributed by atoms with E-state index in [-0.39, 0.29) is 0 Å². The van der Waals surface area contributed by atoms with Crippen LogP contribution in [-0.4, -0.2) is 28.5 Å². The predicted molar refractivity (Wildman–Crippen MR) is 116 cm³/mol. The van der Waals surface area contributed by atoms with Crippen molar-refractivity contribution in [2.75, 3.05) is 12.4 Å². The molecular weight excluding hydrogens is 372 g/mol. The maximum atomic E-state index is 10.5. The first kappa shape index (κ1) is 19.8. The van der Waals surface area contributed by atoms with Crippen molar-refractivity contribution in [3.05, 3.63) is 36.0 Å². The summed E-state index contributed by atoms with van der Waals surface area (Å²) in [6.45, 7) is 4.00. The van der Waals surface area contributed by atoms with E-state index in [0.29, 0.717) is 17.9 Å². The van der Waals surface area contributed by atoms with E-state index >= 15 is 0 Å². The average Bonchev–Trinajstić information content (AvgIpc) is 3.45. The van der Waals surface area contributed by atoms with E-state index in [9.17, 15) is 4.79 Å². The number of thiazole rings is 1. The molecule has 1 saturated carbocycles. The van der Waals surface area contributed by atoms with E-state index in [1.165, 1.54) is 19.3 Å². The number of methoxy groups -OCH3 is 1. The van der Waals surface area contributed by atoms with E-state index in [2.05, 4.69) is 20.3 Å². The summed E-state index contributed by atoms with van der Waals surface area (Å²) < 4.78 is 6.63. The number of hydrogen-bond donors (Lipinski definition) is 2. The van der Waals surface area contributed by atoms with Crippen molar-refractivity contribution in [1.82, 2.24) is 15.0 Å². The Balaban J connectivity index is 0.000000402. The van der Waals surface area contributed by atoms with Gasteiger partial charge < -0.3 is 15.0 Å². The molecule has 2 N–H and O–H groups in total. The third kappa shape index (κ3) is 4.31. The second-order valence-corrected chi connectivity index (χ2v) is 6.88. The predicted octanol–water partition coefficient (Wildman–Crippen LogP) is 5.61. The van der Waals surface area contributed by atoms with Gasteiger partial charge in [0.25, 0.3) is 0 Å². The lowest BCUT2D eigenvalue weighted by Crippen LogP contribution is -1.96. The molecular formula is C21H24N4O2S. The van der Waals surface area contributed by atoms with Crippen LogP contribution in [0.5, 0.6) is 5.75 Å². The Morgan fingerprint density at radius 3 is 2.64 bits per heavy atom. The number of pyridine rings is 1. The molecule has 0 bridgehead atoms. The fraction of sp³-hybridized carbons (Fsp3) is 0.286. The Bertz CT molecular complexity index is 1070. The molecule has 4 aromatic rings. The number of aromatic amines is 1. The topological polar surface area (TPSA) is 79.9 Å². The number of aromatic nitrogens is 3. The first-order chi connectivity index (χ1) is 13.8. The van der Waals surface area contributed by atoms with Crippen molar-refractivity contribution in [2.45, 2.75) is 33.1 Å². The molecule has 0 aliphatic heterocycles. The van der Waals surface area contributed by atoms with Gasteiger partial charge in [-0.2, -0.15) is 0 Å². The highest BCUT2D eigenvalue weighted by molar-refractivity contribution is 7.16. The van der Waals surface area contributed by atoms with Crippen LogP contribution in [0, 0.1) is 0 Å². The van der Waals surface area contributed by atoms with E-state index in [0.717, 1.165) is 32.5 Å². The van der Waals surface area contributed by atoms with Crippen molar-refractivity contribution < 1.29 is 9.53 Å². The van der Waals surface area contributed by atoms with Gasteiger partial charge in [-0.15, -0.1) is 11.3 Å². The highest BCUT2D eigenvalue weighted by atomic mass is 32.1. The normalized spacial score (nSPS) is 11.8. The van der Waals surface area contributed by atoms with Crippen LogP contribution >= 0.6 is 11.3 Å². The summed E-state index contributed by atoms with van der Waals surface area (Å²) in [5, 5.41) is 3.50. The average molecular weight is 397 g/mol. The smallest absolute Gasteiger partial charge is 0.212 e. The standard InChI is InChI=1S/C16H12N4O2S.C3H6.C2H6/c1-22-13-5-14-12(19-8-23-14)4-10(13)11-6-17-16-9(11)2-3-15(20-16)18-7-21;1-2-3-1;1-2/h2-8H,1H3,(H2,17,18,20,21);1-3H2;1-2H3. The van der Waals surface area contributed by atoms with Gasteiger partial charge in [-0.25, -0.2) is 9.97 Å². The highest BCUT2D eigenvalue weighted by Crippen LogP contribution is 2.38. The molecule has 1 aromatic carbocycles. The molecule has 5 rings (SSSR count). The van der Waals surface area contributed by atoms with Crippen molar-refractivity contribution in [1.29, 1.82) is 0 Å². The summed E-state index contributed by atoms with van der Waals surface area (Å²) >= 11 is 1.58. The van der Waals surface area contributed by atoms with Gasteiger partial charge in [0.1, 0.15) is 17.2 Å². The van der Waals surface area contributed by atoms with Crippen LogP contribution < -0.4 is 10.1 Å². The monoisotopic (exact) mass is 396 g/mol. The van der Waals surface area contributed by atoms with Crippen LogP contribution in [0.3, 0.4) is 0 Å². The number of carbonyl (C=O) groups is 1. The molecule has 0 atom stereocenters. The molecule has 0 spiro atoms. The summed E-state index contributed by atoms with van der Waals surface area (Å²) in [6.07, 6.45) is 7.00. The number of carbonyl (C=O) groups excluding carboxylic acids is 1. The third-order valence-corrected chi connectivity index (χ3v) is 4.83. The summed E-state index contributed by atoms with van der Waals surface area (Å²) in [5.74, 6) is 1.29. The summed E-state index contributed by atoms with van der Waals surface area (Å²) in [7, 11) is 1.66. The second kappa shape index (κ2) is 9.32. The van der Waals surface area contributed by atoms with Gasteiger partial charge in [0.2, 0.25) is 6.41 Å². The van der Waals surface area contributed by atoms with Gasteiger partial charge in [-0.3, -0.25) is 4.79 Å². The van der Waals surface area contributed by atoms with E-state index < -0.39 is 0 Å². The molecule has 146 valence electrons. The van der Waals surface area contributed by atoms with Crippen molar-refractivity contribution in [2.24, 2.45) is 0 Å². The molecule has 0 unspecified atom stereocenters. The zero-order valence-corrected chi connectivity index (χ0v) is 17.1. The second-order valence-electron chi connectivity index (χ2n) is 5.99. The molecule has 1 aliphatic carbocycles. The molecule has 28 heavy (non-hydrogen) atoms. The molecule has 0 saturated heterocycles. The Morgan fingerprint density at radius 1 is 1.18 bits per heavy atom. The van der Waals surface area contributed by atoms with E-state index in [4.69, 9.17) is 4.74 Å². The van der Waals surface area contributed by atoms with Crippen LogP contribution in [0.2, 0.25) is 0 Å². The zero-order valence-electron chi connectivity index (χ0n) is 16.3. The number of amides is 1. The number of anilines is 1. The third-order valence-electron chi connectivity index (χ3n) is 4.04. The molecule has 7 heteroatoms. The summed E-state index contributed by atoms with van der Waals surface area (Å²) in [5.41, 5.74) is 5.40. The first-order valence-electron chi connectivity index (χ1n) is 9.40. The number of nitrogens with zero attached hydrogens (tertiary/aromatic N) is 2.